The average molecular weight is 666 g/mol. The summed E-state index contributed by atoms with van der Waals surface area (Å²) < 4.78 is 20.0. The van der Waals surface area contributed by atoms with Gasteiger partial charge in [-0.05, 0) is 111 Å². The van der Waals surface area contributed by atoms with Crippen LogP contribution in [0.15, 0.2) is 53.3 Å². The van der Waals surface area contributed by atoms with E-state index in [1.807, 2.05) is 24.3 Å². The highest BCUT2D eigenvalue weighted by atomic mass is 79.9. The lowest BCUT2D eigenvalue weighted by Crippen LogP contribution is -2.52. The van der Waals surface area contributed by atoms with Gasteiger partial charge in [0, 0.05) is 22.4 Å². The normalized spacial score (nSPS) is 18.9. The van der Waals surface area contributed by atoms with Gasteiger partial charge in [-0.3, -0.25) is 4.98 Å². The van der Waals surface area contributed by atoms with Gasteiger partial charge in [0.1, 0.15) is 18.7 Å². The monoisotopic (exact) mass is 664 g/mol. The topological polar surface area (TPSA) is 92.3 Å². The van der Waals surface area contributed by atoms with Crippen LogP contribution in [-0.2, 0) is 11.0 Å². The molecule has 4 aromatic rings. The summed E-state index contributed by atoms with van der Waals surface area (Å²) in [6.07, 6.45) is 5.45. The molecule has 5 rings (SSSR count). The summed E-state index contributed by atoms with van der Waals surface area (Å²) in [6.45, 7) is 13.9. The molecule has 2 aromatic heterocycles. The molecule has 0 aliphatic carbocycles. The molecule has 10 heteroatoms. The standard InChI is InChI=1S/C33H42BrN6O2P/c1-9-21-16-27(29(42-6)17-24(21)22-14-15-40(5)33(3,4)20(22)2)38-32-36-18-25(34)31(39-32)37-28-19-35-26-13-11-10-12-23(26)30(28)43(7,8)41/h10-13,16-20,22H,9,14-15H2,1-8H3,(H2,36,37,38,39). The minimum Gasteiger partial charge on any atom is -0.495 e. The molecule has 1 aliphatic heterocycles. The largest absolute Gasteiger partial charge is 0.495 e. The Balaban J connectivity index is 1.49. The van der Waals surface area contributed by atoms with Gasteiger partial charge in [0.2, 0.25) is 5.95 Å². The summed E-state index contributed by atoms with van der Waals surface area (Å²) in [5.74, 6) is 2.65. The lowest BCUT2D eigenvalue weighted by Gasteiger charge is -2.49. The molecule has 2 N–H and O–H groups in total. The maximum atomic E-state index is 13.4. The van der Waals surface area contributed by atoms with E-state index >= 15 is 0 Å². The highest BCUT2D eigenvalue weighted by Gasteiger charge is 2.40. The highest BCUT2D eigenvalue weighted by Crippen LogP contribution is 2.46. The van der Waals surface area contributed by atoms with Crippen molar-refractivity contribution in [2.75, 3.05) is 44.7 Å². The van der Waals surface area contributed by atoms with Crippen molar-refractivity contribution in [2.45, 2.75) is 52.0 Å². The number of likely N-dealkylation sites (tertiary alicyclic amines) is 1. The second-order valence-electron chi connectivity index (χ2n) is 12.4. The molecule has 43 heavy (non-hydrogen) atoms. The van der Waals surface area contributed by atoms with Crippen LogP contribution in [0.2, 0.25) is 0 Å². The molecule has 0 bridgehead atoms. The van der Waals surface area contributed by atoms with E-state index < -0.39 is 7.14 Å². The fraction of sp³-hybridized carbons (Fsp3) is 0.424. The molecule has 2 unspecified atom stereocenters. The first-order valence-corrected chi connectivity index (χ1v) is 18.2. The second kappa shape index (κ2) is 12.2. The van der Waals surface area contributed by atoms with Crippen LogP contribution in [-0.4, -0.2) is 59.4 Å². The van der Waals surface area contributed by atoms with Gasteiger partial charge in [0.25, 0.3) is 0 Å². The molecule has 2 atom stereocenters. The van der Waals surface area contributed by atoms with Crippen LogP contribution < -0.4 is 20.7 Å². The SMILES string of the molecule is CCc1cc(Nc2ncc(Br)c(Nc3cnc4ccccc4c3P(C)(C)=O)n2)c(OC)cc1C1CCN(C)C(C)(C)C1C. The molecule has 228 valence electrons. The Morgan fingerprint density at radius 1 is 1.12 bits per heavy atom. The van der Waals surface area contributed by atoms with E-state index in [2.05, 4.69) is 88.3 Å². The van der Waals surface area contributed by atoms with Gasteiger partial charge < -0.3 is 24.8 Å². The predicted octanol–water partition coefficient (Wildman–Crippen LogP) is 7.93. The molecule has 0 saturated carbocycles. The van der Waals surface area contributed by atoms with E-state index in [1.165, 1.54) is 11.1 Å². The minimum absolute atomic E-state index is 0.108. The fourth-order valence-electron chi connectivity index (χ4n) is 6.26. The average Bonchev–Trinajstić information content (AvgIpc) is 2.97. The molecule has 0 spiro atoms. The first kappa shape index (κ1) is 31.4. The van der Waals surface area contributed by atoms with E-state index in [0.717, 1.165) is 47.0 Å². The third-order valence-corrected chi connectivity index (χ3v) is 11.4. The number of hydrogen-bond donors (Lipinski definition) is 2. The Bertz CT molecular complexity index is 1700. The molecule has 0 amide bonds. The van der Waals surface area contributed by atoms with E-state index in [1.54, 1.807) is 32.8 Å². The number of hydrogen-bond acceptors (Lipinski definition) is 8. The number of benzene rings is 2. The maximum Gasteiger partial charge on any atom is 0.229 e. The summed E-state index contributed by atoms with van der Waals surface area (Å²) in [4.78, 5) is 16.4. The Kier molecular flexibility index (Phi) is 8.90. The van der Waals surface area contributed by atoms with Gasteiger partial charge in [-0.1, -0.05) is 32.0 Å². The number of halogens is 1. The van der Waals surface area contributed by atoms with Crippen LogP contribution in [0.25, 0.3) is 10.9 Å². The summed E-state index contributed by atoms with van der Waals surface area (Å²) in [6, 6.07) is 12.1. The van der Waals surface area contributed by atoms with Crippen LogP contribution in [0.4, 0.5) is 23.1 Å². The van der Waals surface area contributed by atoms with E-state index in [4.69, 9.17) is 9.72 Å². The van der Waals surface area contributed by atoms with Crippen molar-refractivity contribution < 1.29 is 9.30 Å². The molecule has 1 saturated heterocycles. The molecule has 3 heterocycles. The van der Waals surface area contributed by atoms with Gasteiger partial charge in [0.15, 0.2) is 0 Å². The molecule has 0 radical (unpaired) electrons. The number of fused-ring (bicyclic) bond motifs is 1. The summed E-state index contributed by atoms with van der Waals surface area (Å²) in [5, 5.41) is 8.39. The fourth-order valence-corrected chi connectivity index (χ4v) is 8.01. The van der Waals surface area contributed by atoms with Crippen molar-refractivity contribution in [2.24, 2.45) is 5.92 Å². The van der Waals surface area contributed by atoms with Crippen LogP contribution in [0.1, 0.15) is 51.2 Å². The second-order valence-corrected chi connectivity index (χ2v) is 16.4. The lowest BCUT2D eigenvalue weighted by molar-refractivity contribution is 0.0383. The molecular weight excluding hydrogens is 623 g/mol. The quantitative estimate of drug-likeness (QED) is 0.184. The molecule has 2 aromatic carbocycles. The van der Waals surface area contributed by atoms with Crippen LogP contribution >= 0.6 is 23.1 Å². The Hall–Kier alpha value is -3.00. The predicted molar refractivity (Wildman–Crippen MR) is 183 cm³/mol. The number of rotatable bonds is 8. The van der Waals surface area contributed by atoms with Crippen molar-refractivity contribution >= 4 is 62.4 Å². The number of nitrogens with zero attached hydrogens (tertiary/aromatic N) is 4. The number of anilines is 4. The Morgan fingerprint density at radius 3 is 2.56 bits per heavy atom. The third-order valence-electron chi connectivity index (χ3n) is 9.25. The van der Waals surface area contributed by atoms with Gasteiger partial charge in [-0.2, -0.15) is 4.98 Å². The maximum absolute atomic E-state index is 13.4. The highest BCUT2D eigenvalue weighted by molar-refractivity contribution is 9.10. The number of aromatic nitrogens is 3. The van der Waals surface area contributed by atoms with E-state index in [0.29, 0.717) is 33.8 Å². The molecule has 8 nitrogen and oxygen atoms in total. The molecule has 1 fully saturated rings. The van der Waals surface area contributed by atoms with Crippen molar-refractivity contribution in [3.8, 4) is 5.75 Å². The summed E-state index contributed by atoms with van der Waals surface area (Å²) in [7, 11) is 1.26. The van der Waals surface area contributed by atoms with Crippen LogP contribution in [0.3, 0.4) is 0 Å². The van der Waals surface area contributed by atoms with Gasteiger partial charge >= 0.3 is 0 Å². The van der Waals surface area contributed by atoms with Crippen molar-refractivity contribution in [3.63, 3.8) is 0 Å². The van der Waals surface area contributed by atoms with Gasteiger partial charge in [0.05, 0.1) is 34.7 Å². The van der Waals surface area contributed by atoms with E-state index in [-0.39, 0.29) is 5.54 Å². The smallest absolute Gasteiger partial charge is 0.229 e. The van der Waals surface area contributed by atoms with Crippen molar-refractivity contribution in [3.05, 3.63) is 64.4 Å². The van der Waals surface area contributed by atoms with Crippen LogP contribution in [0.5, 0.6) is 5.75 Å². The number of piperidine rings is 1. The zero-order chi connectivity index (χ0) is 31.1. The van der Waals surface area contributed by atoms with Crippen LogP contribution in [0, 0.1) is 5.92 Å². The molecule has 1 aliphatic rings. The molecular formula is C33H42BrN6O2P. The number of aryl methyl sites for hydroxylation is 1. The zero-order valence-corrected chi connectivity index (χ0v) is 28.8. The summed E-state index contributed by atoms with van der Waals surface area (Å²) in [5.41, 5.74) is 5.04. The minimum atomic E-state index is -2.67. The number of pyridine rings is 1. The van der Waals surface area contributed by atoms with Crippen molar-refractivity contribution in [1.29, 1.82) is 0 Å². The number of ether oxygens (including phenoxy) is 1. The van der Waals surface area contributed by atoms with Crippen molar-refractivity contribution in [1.82, 2.24) is 19.9 Å². The first-order chi connectivity index (χ1) is 20.3. The lowest BCUT2D eigenvalue weighted by atomic mass is 9.69. The third kappa shape index (κ3) is 6.17. The number of methoxy groups -OCH3 is 1. The number of para-hydroxylation sites is 1. The Labute approximate surface area is 263 Å². The zero-order valence-electron chi connectivity index (χ0n) is 26.3. The van der Waals surface area contributed by atoms with Gasteiger partial charge in [-0.15, -0.1) is 0 Å². The van der Waals surface area contributed by atoms with Gasteiger partial charge in [-0.25, -0.2) is 4.98 Å². The van der Waals surface area contributed by atoms with E-state index in [9.17, 15) is 4.57 Å². The number of nitrogens with one attached hydrogen (secondary N) is 2. The first-order valence-electron chi connectivity index (χ1n) is 14.8. The Morgan fingerprint density at radius 2 is 1.86 bits per heavy atom. The summed E-state index contributed by atoms with van der Waals surface area (Å²) >= 11 is 3.59.